The fourth-order valence-corrected chi connectivity index (χ4v) is 2.28. The molecule has 0 bridgehead atoms. The van der Waals surface area contributed by atoms with Crippen molar-refractivity contribution in [1.29, 1.82) is 0 Å². The van der Waals surface area contributed by atoms with Gasteiger partial charge in [0, 0.05) is 12.1 Å². The van der Waals surface area contributed by atoms with Crippen molar-refractivity contribution in [3.05, 3.63) is 35.6 Å². The monoisotopic (exact) mass is 237 g/mol. The van der Waals surface area contributed by atoms with E-state index in [1.165, 1.54) is 6.07 Å². The molecule has 2 nitrogen and oxygen atoms in total. The van der Waals surface area contributed by atoms with Crippen molar-refractivity contribution in [1.82, 2.24) is 5.32 Å². The summed E-state index contributed by atoms with van der Waals surface area (Å²) in [6.45, 7) is 0. The lowest BCUT2D eigenvalue weighted by molar-refractivity contribution is 0.418. The number of hydrogen-bond donors (Lipinski definition) is 1. The Bertz CT molecular complexity index is 560. The van der Waals surface area contributed by atoms with Gasteiger partial charge in [-0.15, -0.1) is 0 Å². The number of furan rings is 1. The van der Waals surface area contributed by atoms with Crippen LogP contribution in [0, 0.1) is 17.6 Å². The third-order valence-electron chi connectivity index (χ3n) is 3.28. The van der Waals surface area contributed by atoms with Crippen molar-refractivity contribution in [3.63, 3.8) is 0 Å². The average molecular weight is 237 g/mol. The van der Waals surface area contributed by atoms with Crippen LogP contribution in [-0.4, -0.2) is 7.05 Å². The van der Waals surface area contributed by atoms with Gasteiger partial charge < -0.3 is 9.73 Å². The Kier molecular flexibility index (Phi) is 2.40. The minimum Gasteiger partial charge on any atom is -0.459 e. The molecule has 1 atom stereocenters. The quantitative estimate of drug-likeness (QED) is 0.885. The van der Waals surface area contributed by atoms with Crippen LogP contribution in [-0.2, 0) is 0 Å². The van der Waals surface area contributed by atoms with Gasteiger partial charge in [-0.25, -0.2) is 8.78 Å². The van der Waals surface area contributed by atoms with Crippen LogP contribution in [0.3, 0.4) is 0 Å². The second kappa shape index (κ2) is 3.81. The zero-order chi connectivity index (χ0) is 12.0. The summed E-state index contributed by atoms with van der Waals surface area (Å²) in [6, 6.07) is 3.88. The van der Waals surface area contributed by atoms with Crippen LogP contribution in [0.4, 0.5) is 8.78 Å². The Morgan fingerprint density at radius 3 is 2.71 bits per heavy atom. The van der Waals surface area contributed by atoms with Gasteiger partial charge in [-0.3, -0.25) is 0 Å². The normalized spacial score (nSPS) is 17.6. The van der Waals surface area contributed by atoms with Crippen LogP contribution in [0.1, 0.15) is 24.6 Å². The Balaban J connectivity index is 2.09. The lowest BCUT2D eigenvalue weighted by atomic mass is 10.1. The van der Waals surface area contributed by atoms with E-state index in [0.29, 0.717) is 17.1 Å². The maximum atomic E-state index is 13.5. The second-order valence-corrected chi connectivity index (χ2v) is 4.55. The van der Waals surface area contributed by atoms with E-state index >= 15 is 0 Å². The predicted octanol–water partition coefficient (Wildman–Crippen LogP) is 3.38. The molecular formula is C13H13F2NO. The zero-order valence-electron chi connectivity index (χ0n) is 9.47. The molecule has 1 aromatic heterocycles. The van der Waals surface area contributed by atoms with Crippen LogP contribution in [0.2, 0.25) is 0 Å². The minimum absolute atomic E-state index is 0.102. The van der Waals surface area contributed by atoms with Gasteiger partial charge in [0.05, 0.1) is 11.4 Å². The number of nitrogens with one attached hydrogen (secondary N) is 1. The third-order valence-corrected chi connectivity index (χ3v) is 3.28. The number of benzene rings is 1. The second-order valence-electron chi connectivity index (χ2n) is 4.55. The summed E-state index contributed by atoms with van der Waals surface area (Å²) in [5.74, 6) is 0.0620. The zero-order valence-corrected chi connectivity index (χ0v) is 9.47. The van der Waals surface area contributed by atoms with Crippen LogP contribution in [0.15, 0.2) is 22.6 Å². The molecular weight excluding hydrogens is 224 g/mol. The first-order valence-electron chi connectivity index (χ1n) is 5.75. The highest BCUT2D eigenvalue weighted by molar-refractivity contribution is 5.78. The summed E-state index contributed by atoms with van der Waals surface area (Å²) >= 11 is 0. The number of halogens is 2. The Labute approximate surface area is 97.6 Å². The number of fused-ring (bicyclic) bond motifs is 1. The lowest BCUT2D eigenvalue weighted by Crippen LogP contribution is -2.17. The topological polar surface area (TPSA) is 25.2 Å². The van der Waals surface area contributed by atoms with Crippen LogP contribution < -0.4 is 5.32 Å². The SMILES string of the molecule is CNC(c1cc2c(F)cc(F)cc2o1)C1CC1. The highest BCUT2D eigenvalue weighted by Gasteiger charge is 2.33. The van der Waals surface area contributed by atoms with Gasteiger partial charge in [0.2, 0.25) is 0 Å². The molecule has 2 aromatic rings. The predicted molar refractivity (Wildman–Crippen MR) is 60.7 cm³/mol. The van der Waals surface area contributed by atoms with E-state index in [9.17, 15) is 8.78 Å². The summed E-state index contributed by atoms with van der Waals surface area (Å²) < 4.78 is 32.1. The fraction of sp³-hybridized carbons (Fsp3) is 0.385. The first-order valence-corrected chi connectivity index (χ1v) is 5.75. The molecule has 0 amide bonds. The molecule has 0 aliphatic heterocycles. The first kappa shape index (κ1) is 10.7. The standard InChI is InChI=1S/C13H13F2NO/c1-16-13(7-2-3-7)12-6-9-10(15)4-8(14)5-11(9)17-12/h4-7,13,16H,2-3H2,1H3. The van der Waals surface area contributed by atoms with E-state index in [4.69, 9.17) is 4.42 Å². The van der Waals surface area contributed by atoms with Gasteiger partial charge in [-0.05, 0) is 31.9 Å². The highest BCUT2D eigenvalue weighted by atomic mass is 19.1. The molecule has 1 aliphatic carbocycles. The summed E-state index contributed by atoms with van der Waals surface area (Å²) in [4.78, 5) is 0. The Morgan fingerprint density at radius 2 is 2.06 bits per heavy atom. The van der Waals surface area contributed by atoms with E-state index in [0.717, 1.165) is 18.9 Å². The minimum atomic E-state index is -0.608. The summed E-state index contributed by atoms with van der Waals surface area (Å²) in [6.07, 6.45) is 2.30. The third kappa shape index (κ3) is 1.82. The smallest absolute Gasteiger partial charge is 0.140 e. The maximum Gasteiger partial charge on any atom is 0.140 e. The van der Waals surface area contributed by atoms with Gasteiger partial charge in [-0.2, -0.15) is 0 Å². The van der Waals surface area contributed by atoms with E-state index in [1.54, 1.807) is 6.07 Å². The van der Waals surface area contributed by atoms with Gasteiger partial charge in [0.15, 0.2) is 0 Å². The molecule has 1 aromatic carbocycles. The molecule has 4 heteroatoms. The van der Waals surface area contributed by atoms with Crippen LogP contribution in [0.25, 0.3) is 11.0 Å². The number of hydrogen-bond acceptors (Lipinski definition) is 2. The fourth-order valence-electron chi connectivity index (χ4n) is 2.28. The molecule has 0 radical (unpaired) electrons. The van der Waals surface area contributed by atoms with Gasteiger partial charge in [0.1, 0.15) is 23.0 Å². The Morgan fingerprint density at radius 1 is 1.29 bits per heavy atom. The van der Waals surface area contributed by atoms with E-state index in [-0.39, 0.29) is 11.6 Å². The molecule has 3 rings (SSSR count). The average Bonchev–Trinajstić information content (AvgIpc) is 3.00. The summed E-state index contributed by atoms with van der Waals surface area (Å²) in [7, 11) is 1.85. The molecule has 0 saturated heterocycles. The highest BCUT2D eigenvalue weighted by Crippen LogP contribution is 2.42. The lowest BCUT2D eigenvalue weighted by Gasteiger charge is -2.11. The van der Waals surface area contributed by atoms with Crippen molar-refractivity contribution < 1.29 is 13.2 Å². The van der Waals surface area contributed by atoms with Gasteiger partial charge in [0.25, 0.3) is 0 Å². The molecule has 1 fully saturated rings. The molecule has 90 valence electrons. The molecule has 1 aliphatic rings. The molecule has 0 spiro atoms. The largest absolute Gasteiger partial charge is 0.459 e. The maximum absolute atomic E-state index is 13.5. The molecule has 1 unspecified atom stereocenters. The van der Waals surface area contributed by atoms with E-state index < -0.39 is 11.6 Å². The van der Waals surface area contributed by atoms with Gasteiger partial charge in [-0.1, -0.05) is 0 Å². The first-order chi connectivity index (χ1) is 8.19. The van der Waals surface area contributed by atoms with Crippen LogP contribution in [0.5, 0.6) is 0 Å². The van der Waals surface area contributed by atoms with Crippen molar-refractivity contribution in [3.8, 4) is 0 Å². The summed E-state index contributed by atoms with van der Waals surface area (Å²) in [5, 5.41) is 3.51. The van der Waals surface area contributed by atoms with Crippen molar-refractivity contribution in [2.45, 2.75) is 18.9 Å². The van der Waals surface area contributed by atoms with E-state index in [2.05, 4.69) is 5.32 Å². The molecule has 1 N–H and O–H groups in total. The van der Waals surface area contributed by atoms with Gasteiger partial charge >= 0.3 is 0 Å². The van der Waals surface area contributed by atoms with E-state index in [1.807, 2.05) is 7.05 Å². The van der Waals surface area contributed by atoms with Crippen molar-refractivity contribution in [2.24, 2.45) is 5.92 Å². The summed E-state index contributed by atoms with van der Waals surface area (Å²) in [5.41, 5.74) is 0.276. The van der Waals surface area contributed by atoms with Crippen molar-refractivity contribution >= 4 is 11.0 Å². The van der Waals surface area contributed by atoms with Crippen LogP contribution >= 0.6 is 0 Å². The molecule has 1 saturated carbocycles. The Hall–Kier alpha value is -1.42. The number of rotatable bonds is 3. The van der Waals surface area contributed by atoms with Crippen molar-refractivity contribution in [2.75, 3.05) is 7.05 Å². The molecule has 1 heterocycles. The molecule has 17 heavy (non-hydrogen) atoms.